The number of rotatable bonds is 2. The van der Waals surface area contributed by atoms with E-state index >= 15 is 0 Å². The summed E-state index contributed by atoms with van der Waals surface area (Å²) in [5, 5.41) is 15.7. The number of pyridine rings is 1. The van der Waals surface area contributed by atoms with Gasteiger partial charge in [-0.25, -0.2) is 0 Å². The highest BCUT2D eigenvalue weighted by Crippen LogP contribution is 2.42. The average molecular weight is 480 g/mol. The Bertz CT molecular complexity index is 2150. The van der Waals surface area contributed by atoms with E-state index in [9.17, 15) is 0 Å². The average Bonchev–Trinajstić information content (AvgIpc) is 2.98. The number of hydrogen-bond acceptors (Lipinski definition) is 1. The van der Waals surface area contributed by atoms with Gasteiger partial charge in [0.25, 0.3) is 0 Å². The molecule has 0 saturated heterocycles. The zero-order valence-corrected chi connectivity index (χ0v) is 20.6. The molecule has 174 valence electrons. The predicted octanol–water partition coefficient (Wildman–Crippen LogP) is 10.2. The van der Waals surface area contributed by atoms with Crippen LogP contribution >= 0.6 is 0 Å². The second kappa shape index (κ2) is 7.27. The quantitative estimate of drug-likeness (QED) is 0.225. The van der Waals surface area contributed by atoms with Gasteiger partial charge in [-0.3, -0.25) is 4.98 Å². The molecule has 0 aliphatic carbocycles. The van der Waals surface area contributed by atoms with E-state index in [0.717, 1.165) is 11.1 Å². The van der Waals surface area contributed by atoms with E-state index in [1.54, 1.807) is 0 Å². The highest BCUT2D eigenvalue weighted by atomic mass is 14.6. The molecule has 0 N–H and O–H groups in total. The van der Waals surface area contributed by atoms with Crippen molar-refractivity contribution in [3.63, 3.8) is 0 Å². The summed E-state index contributed by atoms with van der Waals surface area (Å²) in [5.74, 6) is 0. The van der Waals surface area contributed by atoms with Crippen LogP contribution in [0.3, 0.4) is 0 Å². The molecule has 0 radical (unpaired) electrons. The first-order valence-electron chi connectivity index (χ1n) is 13.1. The third kappa shape index (κ3) is 2.63. The van der Waals surface area contributed by atoms with Crippen molar-refractivity contribution in [2.75, 3.05) is 0 Å². The summed E-state index contributed by atoms with van der Waals surface area (Å²) in [6, 6.07) is 42.5. The summed E-state index contributed by atoms with van der Waals surface area (Å²) in [6.45, 7) is 0. The minimum atomic E-state index is 1.14. The van der Waals surface area contributed by atoms with Crippen molar-refractivity contribution in [3.05, 3.63) is 128 Å². The van der Waals surface area contributed by atoms with Crippen LogP contribution in [0.25, 0.3) is 86.9 Å². The van der Waals surface area contributed by atoms with Crippen LogP contribution in [0.4, 0.5) is 0 Å². The van der Waals surface area contributed by atoms with Crippen molar-refractivity contribution in [2.24, 2.45) is 0 Å². The standard InChI is InChI=1S/C37H21N/c1-3-22-7-9-26-11-15-30(32-17-13-24(5-1)34(22)36(26)32)28-19-29(21-38-20-28)31-16-12-27-10-8-23-4-2-6-25-14-18-33(31)37(27)35(23)25/h1-21H. The smallest absolute Gasteiger partial charge is 0.0347 e. The van der Waals surface area contributed by atoms with Crippen LogP contribution in [0.15, 0.2) is 128 Å². The van der Waals surface area contributed by atoms with Gasteiger partial charge in [0.15, 0.2) is 0 Å². The van der Waals surface area contributed by atoms with Gasteiger partial charge in [-0.2, -0.15) is 0 Å². The molecule has 1 heteroatoms. The molecule has 0 aliphatic rings. The molecule has 0 atom stereocenters. The van der Waals surface area contributed by atoms with Gasteiger partial charge >= 0.3 is 0 Å². The second-order valence-corrected chi connectivity index (χ2v) is 10.4. The minimum Gasteiger partial charge on any atom is -0.263 e. The molecule has 1 heterocycles. The molecule has 0 aliphatic heterocycles. The van der Waals surface area contributed by atoms with E-state index in [4.69, 9.17) is 4.98 Å². The Morgan fingerprint density at radius 2 is 0.711 bits per heavy atom. The van der Waals surface area contributed by atoms with Gasteiger partial charge in [-0.15, -0.1) is 0 Å². The molecule has 1 nitrogen and oxygen atoms in total. The highest BCUT2D eigenvalue weighted by Gasteiger charge is 2.15. The maximum Gasteiger partial charge on any atom is 0.0347 e. The van der Waals surface area contributed by atoms with Crippen LogP contribution in [0.1, 0.15) is 0 Å². The maximum absolute atomic E-state index is 4.76. The fourth-order valence-electron chi connectivity index (χ4n) is 6.71. The number of nitrogens with zero attached hydrogens (tertiary/aromatic N) is 1. The lowest BCUT2D eigenvalue weighted by molar-refractivity contribution is 1.33. The molecule has 0 bridgehead atoms. The molecule has 38 heavy (non-hydrogen) atoms. The number of aromatic nitrogens is 1. The first-order chi connectivity index (χ1) is 18.8. The van der Waals surface area contributed by atoms with Gasteiger partial charge in [0.1, 0.15) is 0 Å². The summed E-state index contributed by atoms with van der Waals surface area (Å²) in [7, 11) is 0. The van der Waals surface area contributed by atoms with Crippen molar-refractivity contribution in [3.8, 4) is 22.3 Å². The van der Waals surface area contributed by atoms with Crippen LogP contribution in [-0.4, -0.2) is 4.98 Å². The Hall–Kier alpha value is -5.01. The molecule has 0 saturated carbocycles. The maximum atomic E-state index is 4.76. The molecule has 0 unspecified atom stereocenters. The molecule has 1 aromatic heterocycles. The predicted molar refractivity (Wildman–Crippen MR) is 163 cm³/mol. The number of hydrogen-bond donors (Lipinski definition) is 0. The van der Waals surface area contributed by atoms with Crippen molar-refractivity contribution in [2.45, 2.75) is 0 Å². The second-order valence-electron chi connectivity index (χ2n) is 10.4. The lowest BCUT2D eigenvalue weighted by atomic mass is 9.88. The first kappa shape index (κ1) is 20.1. The van der Waals surface area contributed by atoms with E-state index < -0.39 is 0 Å². The van der Waals surface area contributed by atoms with E-state index in [1.807, 2.05) is 12.4 Å². The monoisotopic (exact) mass is 479 g/mol. The summed E-state index contributed by atoms with van der Waals surface area (Å²) < 4.78 is 0. The van der Waals surface area contributed by atoms with E-state index in [1.165, 1.54) is 75.8 Å². The Balaban J connectivity index is 1.30. The molecule has 0 amide bonds. The third-order valence-corrected chi connectivity index (χ3v) is 8.42. The molecule has 8 aromatic carbocycles. The van der Waals surface area contributed by atoms with Crippen molar-refractivity contribution >= 4 is 64.6 Å². The molecule has 9 aromatic rings. The third-order valence-electron chi connectivity index (χ3n) is 8.42. The van der Waals surface area contributed by atoms with Gasteiger partial charge < -0.3 is 0 Å². The fraction of sp³-hybridized carbons (Fsp3) is 0. The molecule has 9 rings (SSSR count). The zero-order chi connectivity index (χ0) is 24.8. The number of benzene rings is 8. The van der Waals surface area contributed by atoms with Crippen molar-refractivity contribution in [1.82, 2.24) is 4.98 Å². The van der Waals surface area contributed by atoms with Gasteiger partial charge in [0.2, 0.25) is 0 Å². The molecular formula is C37H21N. The summed E-state index contributed by atoms with van der Waals surface area (Å²) in [6.07, 6.45) is 4.01. The van der Waals surface area contributed by atoms with E-state index in [0.29, 0.717) is 0 Å². The van der Waals surface area contributed by atoms with Crippen molar-refractivity contribution in [1.29, 1.82) is 0 Å². The SMILES string of the molecule is c1cc2ccc3ccc(-c4cncc(-c5ccc6ccc7cccc8ccc5c6c78)c4)c4ccc(c1)c2c34. The Morgan fingerprint density at radius 3 is 1.16 bits per heavy atom. The van der Waals surface area contributed by atoms with Crippen LogP contribution < -0.4 is 0 Å². The highest BCUT2D eigenvalue weighted by molar-refractivity contribution is 6.26. The fourth-order valence-corrected chi connectivity index (χ4v) is 6.71. The lowest BCUT2D eigenvalue weighted by Gasteiger charge is -2.16. The van der Waals surface area contributed by atoms with Gasteiger partial charge in [0.05, 0.1) is 0 Å². The first-order valence-corrected chi connectivity index (χ1v) is 13.1. The van der Waals surface area contributed by atoms with Crippen LogP contribution in [0, 0.1) is 0 Å². The zero-order valence-electron chi connectivity index (χ0n) is 20.6. The molecule has 0 spiro atoms. The van der Waals surface area contributed by atoms with Crippen LogP contribution in [0.2, 0.25) is 0 Å². The van der Waals surface area contributed by atoms with Gasteiger partial charge in [-0.05, 0) is 81.8 Å². The lowest BCUT2D eigenvalue weighted by Crippen LogP contribution is -1.90. The Morgan fingerprint density at radius 1 is 0.342 bits per heavy atom. The molecular weight excluding hydrogens is 458 g/mol. The van der Waals surface area contributed by atoms with Crippen LogP contribution in [0.5, 0.6) is 0 Å². The summed E-state index contributed by atoms with van der Waals surface area (Å²) in [5.41, 5.74) is 4.74. The Kier molecular flexibility index (Phi) is 3.85. The topological polar surface area (TPSA) is 12.9 Å². The van der Waals surface area contributed by atoms with E-state index in [2.05, 4.69) is 115 Å². The molecule has 0 fully saturated rings. The summed E-state index contributed by atoms with van der Waals surface area (Å²) >= 11 is 0. The summed E-state index contributed by atoms with van der Waals surface area (Å²) in [4.78, 5) is 4.76. The van der Waals surface area contributed by atoms with Crippen molar-refractivity contribution < 1.29 is 0 Å². The van der Waals surface area contributed by atoms with Gasteiger partial charge in [0, 0.05) is 23.5 Å². The minimum absolute atomic E-state index is 1.14. The largest absolute Gasteiger partial charge is 0.263 e. The van der Waals surface area contributed by atoms with Crippen LogP contribution in [-0.2, 0) is 0 Å². The van der Waals surface area contributed by atoms with Gasteiger partial charge in [-0.1, -0.05) is 109 Å². The van der Waals surface area contributed by atoms with E-state index in [-0.39, 0.29) is 0 Å². The Labute approximate surface area is 219 Å². The normalized spacial score (nSPS) is 12.2.